The van der Waals surface area contributed by atoms with Crippen LogP contribution in [0.5, 0.6) is 0 Å². The zero-order valence-electron chi connectivity index (χ0n) is 15.2. The van der Waals surface area contributed by atoms with Crippen molar-refractivity contribution in [3.05, 3.63) is 35.4 Å². The standard InChI is InChI=1S/C19H26N4O2/c1-19(2,3)14-21-18(25)23-9-5-8-22(10-11-23)17(24)16-7-4-6-15(12-16)13-20/h4,6-7,12H,5,8-11,14H2,1-3H3,(H,21,25). The van der Waals surface area contributed by atoms with Crippen molar-refractivity contribution in [3.8, 4) is 6.07 Å². The molecule has 1 N–H and O–H groups in total. The highest BCUT2D eigenvalue weighted by atomic mass is 16.2. The van der Waals surface area contributed by atoms with Crippen molar-refractivity contribution in [2.24, 2.45) is 5.41 Å². The van der Waals surface area contributed by atoms with E-state index >= 15 is 0 Å². The van der Waals surface area contributed by atoms with Crippen LogP contribution in [0.2, 0.25) is 0 Å². The Kier molecular flexibility index (Phi) is 6.02. The van der Waals surface area contributed by atoms with E-state index in [2.05, 4.69) is 32.2 Å². The van der Waals surface area contributed by atoms with E-state index in [4.69, 9.17) is 5.26 Å². The van der Waals surface area contributed by atoms with Crippen molar-refractivity contribution >= 4 is 11.9 Å². The molecule has 1 aromatic rings. The third kappa shape index (κ3) is 5.49. The highest BCUT2D eigenvalue weighted by molar-refractivity contribution is 5.94. The maximum atomic E-state index is 12.7. The number of nitriles is 1. The van der Waals surface area contributed by atoms with E-state index in [0.29, 0.717) is 43.9 Å². The topological polar surface area (TPSA) is 76.4 Å². The van der Waals surface area contributed by atoms with Crippen molar-refractivity contribution in [3.63, 3.8) is 0 Å². The smallest absolute Gasteiger partial charge is 0.317 e. The summed E-state index contributed by atoms with van der Waals surface area (Å²) in [5, 5.41) is 11.9. The van der Waals surface area contributed by atoms with E-state index < -0.39 is 0 Å². The van der Waals surface area contributed by atoms with E-state index in [-0.39, 0.29) is 17.4 Å². The second-order valence-corrected chi connectivity index (χ2v) is 7.54. The molecule has 0 atom stereocenters. The Morgan fingerprint density at radius 1 is 1.16 bits per heavy atom. The molecule has 25 heavy (non-hydrogen) atoms. The van der Waals surface area contributed by atoms with Gasteiger partial charge in [0, 0.05) is 38.3 Å². The minimum Gasteiger partial charge on any atom is -0.337 e. The van der Waals surface area contributed by atoms with Crippen LogP contribution in [0.15, 0.2) is 24.3 Å². The largest absolute Gasteiger partial charge is 0.337 e. The van der Waals surface area contributed by atoms with Crippen LogP contribution in [-0.4, -0.2) is 54.5 Å². The number of amides is 3. The Hall–Kier alpha value is -2.55. The average Bonchev–Trinajstić information content (AvgIpc) is 2.84. The monoisotopic (exact) mass is 342 g/mol. The minimum atomic E-state index is -0.0888. The van der Waals surface area contributed by atoms with Gasteiger partial charge < -0.3 is 15.1 Å². The molecular formula is C19H26N4O2. The maximum absolute atomic E-state index is 12.7. The Morgan fingerprint density at radius 2 is 1.84 bits per heavy atom. The Balaban J connectivity index is 1.95. The summed E-state index contributed by atoms with van der Waals surface area (Å²) in [6, 6.07) is 8.72. The fraction of sp³-hybridized carbons (Fsp3) is 0.526. The molecule has 0 bridgehead atoms. The number of nitrogens with zero attached hydrogens (tertiary/aromatic N) is 3. The normalized spacial score (nSPS) is 15.3. The lowest BCUT2D eigenvalue weighted by molar-refractivity contribution is 0.0762. The summed E-state index contributed by atoms with van der Waals surface area (Å²) in [7, 11) is 0. The first-order valence-corrected chi connectivity index (χ1v) is 8.62. The number of carbonyl (C=O) groups excluding carboxylic acids is 2. The molecule has 1 fully saturated rings. The fourth-order valence-corrected chi connectivity index (χ4v) is 2.68. The van der Waals surface area contributed by atoms with Gasteiger partial charge in [0.25, 0.3) is 5.91 Å². The predicted molar refractivity (Wildman–Crippen MR) is 96.1 cm³/mol. The first kappa shape index (κ1) is 18.8. The van der Waals surface area contributed by atoms with Gasteiger partial charge in [0.15, 0.2) is 0 Å². The second kappa shape index (κ2) is 8.02. The quantitative estimate of drug-likeness (QED) is 0.897. The van der Waals surface area contributed by atoms with Gasteiger partial charge in [-0.3, -0.25) is 4.79 Å². The van der Waals surface area contributed by atoms with Gasteiger partial charge in [0.1, 0.15) is 0 Å². The molecule has 0 unspecified atom stereocenters. The molecule has 0 aromatic heterocycles. The maximum Gasteiger partial charge on any atom is 0.317 e. The first-order chi connectivity index (χ1) is 11.8. The lowest BCUT2D eigenvalue weighted by atomic mass is 9.97. The van der Waals surface area contributed by atoms with Crippen molar-refractivity contribution in [1.29, 1.82) is 5.26 Å². The molecule has 1 saturated heterocycles. The fourth-order valence-electron chi connectivity index (χ4n) is 2.68. The van der Waals surface area contributed by atoms with E-state index in [0.717, 1.165) is 6.42 Å². The number of rotatable bonds is 2. The summed E-state index contributed by atoms with van der Waals surface area (Å²) >= 11 is 0. The molecule has 134 valence electrons. The van der Waals surface area contributed by atoms with Gasteiger partial charge in [-0.25, -0.2) is 4.79 Å². The molecule has 1 aliphatic rings. The summed E-state index contributed by atoms with van der Waals surface area (Å²) in [6.07, 6.45) is 0.743. The van der Waals surface area contributed by atoms with Gasteiger partial charge in [0.2, 0.25) is 0 Å². The van der Waals surface area contributed by atoms with Crippen LogP contribution in [-0.2, 0) is 0 Å². The summed E-state index contributed by atoms with van der Waals surface area (Å²) in [5.41, 5.74) is 1.03. The SMILES string of the molecule is CC(C)(C)CNC(=O)N1CCCN(C(=O)c2cccc(C#N)c2)CC1. The second-order valence-electron chi connectivity index (χ2n) is 7.54. The molecule has 3 amide bonds. The van der Waals surface area contributed by atoms with E-state index in [1.807, 2.05) is 0 Å². The Morgan fingerprint density at radius 3 is 2.52 bits per heavy atom. The van der Waals surface area contributed by atoms with Crippen LogP contribution in [0.3, 0.4) is 0 Å². The summed E-state index contributed by atoms with van der Waals surface area (Å²) in [4.78, 5) is 28.5. The van der Waals surface area contributed by atoms with Crippen molar-refractivity contribution < 1.29 is 9.59 Å². The van der Waals surface area contributed by atoms with Gasteiger partial charge >= 0.3 is 6.03 Å². The third-order valence-electron chi connectivity index (χ3n) is 4.08. The van der Waals surface area contributed by atoms with Crippen LogP contribution in [0, 0.1) is 16.7 Å². The van der Waals surface area contributed by atoms with Crippen LogP contribution in [0.25, 0.3) is 0 Å². The molecule has 2 rings (SSSR count). The van der Waals surface area contributed by atoms with Gasteiger partial charge in [-0.1, -0.05) is 26.8 Å². The highest BCUT2D eigenvalue weighted by Crippen LogP contribution is 2.13. The first-order valence-electron chi connectivity index (χ1n) is 8.62. The number of urea groups is 1. The Labute approximate surface area is 149 Å². The summed E-state index contributed by atoms with van der Waals surface area (Å²) in [6.45, 7) is 9.10. The molecule has 1 heterocycles. The van der Waals surface area contributed by atoms with Gasteiger partial charge in [-0.15, -0.1) is 0 Å². The van der Waals surface area contributed by atoms with Crippen molar-refractivity contribution in [2.75, 3.05) is 32.7 Å². The average molecular weight is 342 g/mol. The van der Waals surface area contributed by atoms with Crippen LogP contribution in [0.4, 0.5) is 4.79 Å². The zero-order valence-corrected chi connectivity index (χ0v) is 15.2. The van der Waals surface area contributed by atoms with Crippen LogP contribution < -0.4 is 5.32 Å². The molecule has 0 aliphatic carbocycles. The lowest BCUT2D eigenvalue weighted by Gasteiger charge is -2.25. The summed E-state index contributed by atoms with van der Waals surface area (Å²) < 4.78 is 0. The number of hydrogen-bond donors (Lipinski definition) is 1. The molecule has 0 spiro atoms. The molecule has 6 heteroatoms. The van der Waals surface area contributed by atoms with Crippen molar-refractivity contribution in [2.45, 2.75) is 27.2 Å². The number of carbonyl (C=O) groups is 2. The third-order valence-corrected chi connectivity index (χ3v) is 4.08. The van der Waals surface area contributed by atoms with E-state index in [1.165, 1.54) is 0 Å². The minimum absolute atomic E-state index is 0.0370. The van der Waals surface area contributed by atoms with Crippen LogP contribution >= 0.6 is 0 Å². The van der Waals surface area contributed by atoms with E-state index in [1.54, 1.807) is 34.1 Å². The van der Waals surface area contributed by atoms with Crippen molar-refractivity contribution in [1.82, 2.24) is 15.1 Å². The molecule has 0 saturated carbocycles. The van der Waals surface area contributed by atoms with Crippen LogP contribution in [0.1, 0.15) is 43.1 Å². The predicted octanol–water partition coefficient (Wildman–Crippen LogP) is 2.46. The zero-order chi connectivity index (χ0) is 18.4. The molecule has 6 nitrogen and oxygen atoms in total. The van der Waals surface area contributed by atoms with Gasteiger partial charge in [0.05, 0.1) is 11.6 Å². The van der Waals surface area contributed by atoms with Gasteiger partial charge in [-0.05, 0) is 30.0 Å². The molecule has 1 aromatic carbocycles. The molecular weight excluding hydrogens is 316 g/mol. The summed E-state index contributed by atoms with van der Waals surface area (Å²) in [5.74, 6) is -0.0888. The number of hydrogen-bond acceptors (Lipinski definition) is 3. The Bertz CT molecular complexity index is 673. The molecule has 1 aliphatic heterocycles. The van der Waals surface area contributed by atoms with Gasteiger partial charge in [-0.2, -0.15) is 5.26 Å². The lowest BCUT2D eigenvalue weighted by Crippen LogP contribution is -2.44. The number of benzene rings is 1. The molecule has 0 radical (unpaired) electrons. The van der Waals surface area contributed by atoms with E-state index in [9.17, 15) is 9.59 Å². The number of nitrogens with one attached hydrogen (secondary N) is 1. The highest BCUT2D eigenvalue weighted by Gasteiger charge is 2.23.